The Morgan fingerprint density at radius 3 is 2.61 bits per heavy atom. The Balaban J connectivity index is 1.77. The minimum atomic E-state index is -0.0664. The van der Waals surface area contributed by atoms with Gasteiger partial charge in [-0.25, -0.2) is 0 Å². The van der Waals surface area contributed by atoms with E-state index in [4.69, 9.17) is 4.74 Å². The highest BCUT2D eigenvalue weighted by Gasteiger charge is 2.19. The molecule has 3 rings (SSSR count). The fraction of sp³-hybridized carbons (Fsp3) is 0.333. The van der Waals surface area contributed by atoms with Crippen molar-refractivity contribution in [2.45, 2.75) is 13.0 Å². The van der Waals surface area contributed by atoms with E-state index in [0.29, 0.717) is 18.8 Å². The molecule has 1 fully saturated rings. The second kappa shape index (κ2) is 7.24. The maximum Gasteiger partial charge on any atom is 0.253 e. The first-order chi connectivity index (χ1) is 11.3. The van der Waals surface area contributed by atoms with Gasteiger partial charge >= 0.3 is 0 Å². The Kier molecular flexibility index (Phi) is 4.88. The number of rotatable bonds is 4. The summed E-state index contributed by atoms with van der Waals surface area (Å²) in [6, 6.07) is 11.5. The zero-order valence-electron chi connectivity index (χ0n) is 13.2. The van der Waals surface area contributed by atoms with Crippen molar-refractivity contribution >= 4 is 11.6 Å². The van der Waals surface area contributed by atoms with Crippen LogP contribution in [0.3, 0.4) is 0 Å². The summed E-state index contributed by atoms with van der Waals surface area (Å²) in [6.07, 6.45) is 3.47. The van der Waals surface area contributed by atoms with Crippen molar-refractivity contribution in [3.63, 3.8) is 0 Å². The van der Waals surface area contributed by atoms with Gasteiger partial charge in [0.05, 0.1) is 24.8 Å². The van der Waals surface area contributed by atoms with Gasteiger partial charge in [0, 0.05) is 31.2 Å². The van der Waals surface area contributed by atoms with Crippen LogP contribution in [-0.4, -0.2) is 37.2 Å². The summed E-state index contributed by atoms with van der Waals surface area (Å²) in [7, 11) is 0. The van der Waals surface area contributed by atoms with Crippen LogP contribution in [0.5, 0.6) is 0 Å². The minimum Gasteiger partial charge on any atom is -0.378 e. The van der Waals surface area contributed by atoms with Gasteiger partial charge in [0.2, 0.25) is 0 Å². The molecule has 120 valence electrons. The summed E-state index contributed by atoms with van der Waals surface area (Å²) < 4.78 is 5.40. The average Bonchev–Trinajstić information content (AvgIpc) is 2.63. The fourth-order valence-corrected chi connectivity index (χ4v) is 2.76. The number of carbonyl (C=O) groups excluding carboxylic acids is 1. The van der Waals surface area contributed by atoms with E-state index < -0.39 is 0 Å². The van der Waals surface area contributed by atoms with Gasteiger partial charge in [0.15, 0.2) is 0 Å². The summed E-state index contributed by atoms with van der Waals surface area (Å²) >= 11 is 0. The van der Waals surface area contributed by atoms with E-state index in [1.54, 1.807) is 12.4 Å². The fourth-order valence-electron chi connectivity index (χ4n) is 2.76. The molecule has 1 aromatic carbocycles. The number of nitrogens with zero attached hydrogens (tertiary/aromatic N) is 2. The van der Waals surface area contributed by atoms with E-state index in [1.807, 2.05) is 43.3 Å². The number of carbonyl (C=O) groups is 1. The molecule has 1 saturated heterocycles. The molecule has 0 radical (unpaired) electrons. The van der Waals surface area contributed by atoms with E-state index in [0.717, 1.165) is 24.3 Å². The molecule has 5 nitrogen and oxygen atoms in total. The highest BCUT2D eigenvalue weighted by atomic mass is 16.5. The van der Waals surface area contributed by atoms with Crippen molar-refractivity contribution in [3.05, 3.63) is 59.9 Å². The van der Waals surface area contributed by atoms with Crippen LogP contribution >= 0.6 is 0 Å². The van der Waals surface area contributed by atoms with Gasteiger partial charge in [0.25, 0.3) is 5.91 Å². The number of para-hydroxylation sites is 1. The van der Waals surface area contributed by atoms with Gasteiger partial charge in [-0.3, -0.25) is 9.78 Å². The Morgan fingerprint density at radius 1 is 1.17 bits per heavy atom. The number of pyridine rings is 1. The minimum absolute atomic E-state index is 0.0589. The quantitative estimate of drug-likeness (QED) is 0.942. The maximum absolute atomic E-state index is 12.7. The number of nitrogens with one attached hydrogen (secondary N) is 1. The van der Waals surface area contributed by atoms with E-state index in [1.165, 1.54) is 0 Å². The number of hydrogen-bond acceptors (Lipinski definition) is 4. The van der Waals surface area contributed by atoms with E-state index in [2.05, 4.69) is 15.2 Å². The molecule has 23 heavy (non-hydrogen) atoms. The number of anilines is 1. The SMILES string of the molecule is C[C@@H](NC(=O)c1ccccc1N1CCOCC1)c1ccncc1. The standard InChI is InChI=1S/C18H21N3O2/c1-14(15-6-8-19-9-7-15)20-18(22)16-4-2-3-5-17(16)21-10-12-23-13-11-21/h2-9,14H,10-13H2,1H3,(H,20,22)/t14-/m1/s1. The Bertz CT molecular complexity index is 654. The van der Waals surface area contributed by atoms with Crippen LogP contribution in [0.4, 0.5) is 5.69 Å². The molecule has 0 aliphatic carbocycles. The molecule has 1 amide bonds. The Hall–Kier alpha value is -2.40. The number of aromatic nitrogens is 1. The first-order valence-electron chi connectivity index (χ1n) is 7.88. The Labute approximate surface area is 136 Å². The molecule has 2 aromatic rings. The molecule has 1 N–H and O–H groups in total. The summed E-state index contributed by atoms with van der Waals surface area (Å²) in [4.78, 5) is 18.9. The summed E-state index contributed by atoms with van der Waals surface area (Å²) in [6.45, 7) is 4.99. The molecular weight excluding hydrogens is 290 g/mol. The summed E-state index contributed by atoms with van der Waals surface area (Å²) in [5.74, 6) is -0.0589. The number of ether oxygens (including phenoxy) is 1. The van der Waals surface area contributed by atoms with Gasteiger partial charge in [0.1, 0.15) is 0 Å². The van der Waals surface area contributed by atoms with Crippen LogP contribution in [0.1, 0.15) is 28.9 Å². The molecule has 1 aliphatic heterocycles. The van der Waals surface area contributed by atoms with Crippen LogP contribution in [0.2, 0.25) is 0 Å². The lowest BCUT2D eigenvalue weighted by Crippen LogP contribution is -2.38. The molecule has 1 aliphatic rings. The number of morpholine rings is 1. The Morgan fingerprint density at radius 2 is 1.87 bits per heavy atom. The van der Waals surface area contributed by atoms with Gasteiger partial charge in [-0.15, -0.1) is 0 Å². The maximum atomic E-state index is 12.7. The van der Waals surface area contributed by atoms with Gasteiger partial charge in [-0.05, 0) is 36.8 Å². The lowest BCUT2D eigenvalue weighted by Gasteiger charge is -2.30. The molecular formula is C18H21N3O2. The number of hydrogen-bond donors (Lipinski definition) is 1. The van der Waals surface area contributed by atoms with Crippen LogP contribution in [0, 0.1) is 0 Å². The van der Waals surface area contributed by atoms with Crippen molar-refractivity contribution < 1.29 is 9.53 Å². The lowest BCUT2D eigenvalue weighted by atomic mass is 10.1. The lowest BCUT2D eigenvalue weighted by molar-refractivity contribution is 0.0938. The molecule has 5 heteroatoms. The third kappa shape index (κ3) is 3.68. The van der Waals surface area contributed by atoms with Crippen molar-refractivity contribution in [2.24, 2.45) is 0 Å². The normalized spacial score (nSPS) is 16.0. The molecule has 1 aromatic heterocycles. The van der Waals surface area contributed by atoms with Crippen molar-refractivity contribution in [2.75, 3.05) is 31.2 Å². The number of amides is 1. The van der Waals surface area contributed by atoms with Gasteiger partial charge < -0.3 is 15.0 Å². The molecule has 1 atom stereocenters. The zero-order valence-corrected chi connectivity index (χ0v) is 13.2. The topological polar surface area (TPSA) is 54.5 Å². The molecule has 0 spiro atoms. The monoisotopic (exact) mass is 311 g/mol. The van der Waals surface area contributed by atoms with Crippen molar-refractivity contribution in [1.29, 1.82) is 0 Å². The summed E-state index contributed by atoms with van der Waals surface area (Å²) in [5.41, 5.74) is 2.71. The van der Waals surface area contributed by atoms with Crippen LogP contribution in [0.25, 0.3) is 0 Å². The summed E-state index contributed by atoms with van der Waals surface area (Å²) in [5, 5.41) is 3.07. The predicted molar refractivity (Wildman–Crippen MR) is 89.6 cm³/mol. The van der Waals surface area contributed by atoms with Gasteiger partial charge in [-0.1, -0.05) is 12.1 Å². The van der Waals surface area contributed by atoms with Gasteiger partial charge in [-0.2, -0.15) is 0 Å². The van der Waals surface area contributed by atoms with E-state index in [-0.39, 0.29) is 11.9 Å². The van der Waals surface area contributed by atoms with Crippen LogP contribution in [0.15, 0.2) is 48.8 Å². The number of benzene rings is 1. The van der Waals surface area contributed by atoms with E-state index in [9.17, 15) is 4.79 Å². The average molecular weight is 311 g/mol. The molecule has 0 bridgehead atoms. The zero-order chi connectivity index (χ0) is 16.1. The third-order valence-electron chi connectivity index (χ3n) is 4.05. The first kappa shape index (κ1) is 15.5. The second-order valence-electron chi connectivity index (χ2n) is 5.59. The van der Waals surface area contributed by atoms with Crippen molar-refractivity contribution in [1.82, 2.24) is 10.3 Å². The highest BCUT2D eigenvalue weighted by Crippen LogP contribution is 2.22. The first-order valence-corrected chi connectivity index (χ1v) is 7.88. The highest BCUT2D eigenvalue weighted by molar-refractivity contribution is 6.00. The molecule has 2 heterocycles. The predicted octanol–water partition coefficient (Wildman–Crippen LogP) is 2.41. The third-order valence-corrected chi connectivity index (χ3v) is 4.05. The van der Waals surface area contributed by atoms with Crippen LogP contribution < -0.4 is 10.2 Å². The van der Waals surface area contributed by atoms with Crippen LogP contribution in [-0.2, 0) is 4.74 Å². The largest absolute Gasteiger partial charge is 0.378 e. The molecule has 0 unspecified atom stereocenters. The smallest absolute Gasteiger partial charge is 0.253 e. The van der Waals surface area contributed by atoms with Crippen molar-refractivity contribution in [3.8, 4) is 0 Å². The molecule has 0 saturated carbocycles. The second-order valence-corrected chi connectivity index (χ2v) is 5.59. The van der Waals surface area contributed by atoms with E-state index >= 15 is 0 Å².